The van der Waals surface area contributed by atoms with E-state index in [2.05, 4.69) is 19.2 Å². The summed E-state index contributed by atoms with van der Waals surface area (Å²) in [5, 5.41) is 3.10. The molecular formula is C14H30N2O. The molecule has 2 unspecified atom stereocenters. The second kappa shape index (κ2) is 7.70. The van der Waals surface area contributed by atoms with Crippen molar-refractivity contribution in [3.05, 3.63) is 0 Å². The highest BCUT2D eigenvalue weighted by atomic mass is 16.2. The summed E-state index contributed by atoms with van der Waals surface area (Å²) in [5.41, 5.74) is 5.78. The molecule has 0 aromatic heterocycles. The van der Waals surface area contributed by atoms with E-state index in [-0.39, 0.29) is 11.3 Å². The maximum atomic E-state index is 12.0. The van der Waals surface area contributed by atoms with Crippen molar-refractivity contribution in [3.8, 4) is 0 Å². The summed E-state index contributed by atoms with van der Waals surface area (Å²) in [6.07, 6.45) is 5.53. The largest absolute Gasteiger partial charge is 0.352 e. The van der Waals surface area contributed by atoms with Crippen LogP contribution in [0.3, 0.4) is 0 Å². The molecule has 0 aliphatic rings. The summed E-state index contributed by atoms with van der Waals surface area (Å²) in [6, 6.07) is -0.135. The predicted molar refractivity (Wildman–Crippen MR) is 73.8 cm³/mol. The van der Waals surface area contributed by atoms with Crippen molar-refractivity contribution in [2.75, 3.05) is 0 Å². The van der Waals surface area contributed by atoms with E-state index in [4.69, 9.17) is 5.73 Å². The number of carbonyl (C=O) groups excluding carboxylic acids is 1. The molecule has 3 N–H and O–H groups in total. The molecule has 0 saturated carbocycles. The molecule has 102 valence electrons. The van der Waals surface area contributed by atoms with Gasteiger partial charge in [-0.2, -0.15) is 0 Å². The van der Waals surface area contributed by atoms with Gasteiger partial charge in [-0.1, -0.05) is 53.9 Å². The molecule has 0 aliphatic heterocycles. The van der Waals surface area contributed by atoms with Crippen molar-refractivity contribution >= 4 is 5.91 Å². The summed E-state index contributed by atoms with van der Waals surface area (Å²) < 4.78 is 0. The quantitative estimate of drug-likeness (QED) is 0.721. The van der Waals surface area contributed by atoms with Gasteiger partial charge in [0.2, 0.25) is 5.91 Å². The summed E-state index contributed by atoms with van der Waals surface area (Å²) in [6.45, 7) is 10.3. The maximum absolute atomic E-state index is 12.0. The first kappa shape index (κ1) is 16.4. The zero-order valence-corrected chi connectivity index (χ0v) is 12.2. The molecule has 0 rings (SSSR count). The molecule has 0 aromatic carbocycles. The van der Waals surface area contributed by atoms with Crippen molar-refractivity contribution in [1.29, 1.82) is 0 Å². The van der Waals surface area contributed by atoms with E-state index in [0.29, 0.717) is 6.04 Å². The number of nitrogens with one attached hydrogen (secondary N) is 1. The lowest BCUT2D eigenvalue weighted by Gasteiger charge is -2.28. The van der Waals surface area contributed by atoms with Crippen molar-refractivity contribution in [3.63, 3.8) is 0 Å². The number of hydrogen-bond acceptors (Lipinski definition) is 2. The Hall–Kier alpha value is -0.570. The molecule has 0 radical (unpaired) electrons. The molecule has 0 heterocycles. The number of amides is 1. The van der Waals surface area contributed by atoms with E-state index in [1.54, 1.807) is 0 Å². The zero-order valence-electron chi connectivity index (χ0n) is 12.2. The van der Waals surface area contributed by atoms with Gasteiger partial charge in [-0.15, -0.1) is 0 Å². The second-order valence-electron chi connectivity index (χ2n) is 5.98. The Morgan fingerprint density at radius 3 is 2.18 bits per heavy atom. The normalized spacial score (nSPS) is 15.4. The van der Waals surface area contributed by atoms with Gasteiger partial charge in [-0.3, -0.25) is 4.79 Å². The van der Waals surface area contributed by atoms with E-state index in [9.17, 15) is 4.79 Å². The van der Waals surface area contributed by atoms with Crippen molar-refractivity contribution in [1.82, 2.24) is 5.32 Å². The van der Waals surface area contributed by atoms with Crippen LogP contribution in [0.2, 0.25) is 0 Å². The highest BCUT2D eigenvalue weighted by molar-refractivity contribution is 5.82. The lowest BCUT2D eigenvalue weighted by Crippen LogP contribution is -2.51. The van der Waals surface area contributed by atoms with Gasteiger partial charge in [0, 0.05) is 6.04 Å². The first-order chi connectivity index (χ1) is 7.82. The Kier molecular flexibility index (Phi) is 7.44. The zero-order chi connectivity index (χ0) is 13.5. The number of carbonyl (C=O) groups is 1. The second-order valence-corrected chi connectivity index (χ2v) is 5.98. The van der Waals surface area contributed by atoms with Crippen molar-refractivity contribution < 1.29 is 4.79 Å². The Balaban J connectivity index is 4.29. The third kappa shape index (κ3) is 6.67. The van der Waals surface area contributed by atoms with Crippen LogP contribution in [0.4, 0.5) is 0 Å². The SMILES string of the molecule is CCCCC(CCC)NC(=O)C(N)C(C)(C)C. The molecule has 0 aliphatic carbocycles. The molecule has 0 bridgehead atoms. The van der Waals surface area contributed by atoms with Crippen LogP contribution < -0.4 is 11.1 Å². The standard InChI is InChI=1S/C14H30N2O/c1-6-8-10-11(9-7-2)16-13(17)12(15)14(3,4)5/h11-12H,6-10,15H2,1-5H3,(H,16,17). The van der Waals surface area contributed by atoms with Gasteiger partial charge in [0.05, 0.1) is 6.04 Å². The Morgan fingerprint density at radius 2 is 1.76 bits per heavy atom. The molecular weight excluding hydrogens is 212 g/mol. The molecule has 0 fully saturated rings. The van der Waals surface area contributed by atoms with Gasteiger partial charge in [0.25, 0.3) is 0 Å². The van der Waals surface area contributed by atoms with Crippen LogP contribution in [-0.2, 0) is 4.79 Å². The summed E-state index contributed by atoms with van der Waals surface area (Å²) >= 11 is 0. The van der Waals surface area contributed by atoms with Crippen molar-refractivity contribution in [2.24, 2.45) is 11.1 Å². The van der Waals surface area contributed by atoms with E-state index in [0.717, 1.165) is 25.7 Å². The average molecular weight is 242 g/mol. The molecule has 3 heteroatoms. The van der Waals surface area contributed by atoms with Gasteiger partial charge < -0.3 is 11.1 Å². The summed E-state index contributed by atoms with van der Waals surface area (Å²) in [4.78, 5) is 12.0. The third-order valence-electron chi connectivity index (χ3n) is 3.11. The average Bonchev–Trinajstić information content (AvgIpc) is 2.23. The van der Waals surface area contributed by atoms with Gasteiger partial charge in [0.15, 0.2) is 0 Å². The fourth-order valence-corrected chi connectivity index (χ4v) is 1.77. The van der Waals surface area contributed by atoms with Gasteiger partial charge in [0.1, 0.15) is 0 Å². The molecule has 0 aromatic rings. The number of rotatable bonds is 7. The Morgan fingerprint density at radius 1 is 1.18 bits per heavy atom. The molecule has 2 atom stereocenters. The van der Waals surface area contributed by atoms with Gasteiger partial charge >= 0.3 is 0 Å². The van der Waals surface area contributed by atoms with E-state index in [1.807, 2.05) is 20.8 Å². The van der Waals surface area contributed by atoms with E-state index >= 15 is 0 Å². The lowest BCUT2D eigenvalue weighted by molar-refractivity contribution is -0.125. The highest BCUT2D eigenvalue weighted by Gasteiger charge is 2.28. The maximum Gasteiger partial charge on any atom is 0.237 e. The van der Waals surface area contributed by atoms with Crippen LogP contribution in [0, 0.1) is 5.41 Å². The third-order valence-corrected chi connectivity index (χ3v) is 3.11. The predicted octanol–water partition coefficient (Wildman–Crippen LogP) is 2.83. The molecule has 1 amide bonds. The summed E-state index contributed by atoms with van der Waals surface area (Å²) in [5.74, 6) is -0.00736. The number of nitrogens with two attached hydrogens (primary N) is 1. The minimum atomic E-state index is -0.427. The van der Waals surface area contributed by atoms with E-state index in [1.165, 1.54) is 6.42 Å². The number of unbranched alkanes of at least 4 members (excludes halogenated alkanes) is 1. The molecule has 0 saturated heterocycles. The van der Waals surface area contributed by atoms with Crippen LogP contribution in [0.5, 0.6) is 0 Å². The Bertz CT molecular complexity index is 221. The fourth-order valence-electron chi connectivity index (χ4n) is 1.77. The Labute approximate surface area is 107 Å². The first-order valence-corrected chi connectivity index (χ1v) is 6.88. The van der Waals surface area contributed by atoms with Crippen LogP contribution in [0.25, 0.3) is 0 Å². The smallest absolute Gasteiger partial charge is 0.237 e. The fraction of sp³-hybridized carbons (Fsp3) is 0.929. The van der Waals surface area contributed by atoms with E-state index < -0.39 is 6.04 Å². The summed E-state index contributed by atoms with van der Waals surface area (Å²) in [7, 11) is 0. The first-order valence-electron chi connectivity index (χ1n) is 6.88. The lowest BCUT2D eigenvalue weighted by atomic mass is 9.86. The van der Waals surface area contributed by atoms with Crippen LogP contribution in [0.15, 0.2) is 0 Å². The topological polar surface area (TPSA) is 55.1 Å². The molecule has 3 nitrogen and oxygen atoms in total. The van der Waals surface area contributed by atoms with Gasteiger partial charge in [-0.05, 0) is 18.3 Å². The van der Waals surface area contributed by atoms with Crippen LogP contribution >= 0.6 is 0 Å². The minimum Gasteiger partial charge on any atom is -0.352 e. The van der Waals surface area contributed by atoms with Crippen LogP contribution in [0.1, 0.15) is 66.7 Å². The monoisotopic (exact) mass is 242 g/mol. The number of hydrogen-bond donors (Lipinski definition) is 2. The van der Waals surface area contributed by atoms with Crippen LogP contribution in [-0.4, -0.2) is 18.0 Å². The minimum absolute atomic E-state index is 0.00736. The molecule has 17 heavy (non-hydrogen) atoms. The highest BCUT2D eigenvalue weighted by Crippen LogP contribution is 2.18. The van der Waals surface area contributed by atoms with Crippen molar-refractivity contribution in [2.45, 2.75) is 78.8 Å². The van der Waals surface area contributed by atoms with Gasteiger partial charge in [-0.25, -0.2) is 0 Å². The molecule has 0 spiro atoms.